The van der Waals surface area contributed by atoms with Crippen molar-refractivity contribution in [2.75, 3.05) is 19.1 Å². The summed E-state index contributed by atoms with van der Waals surface area (Å²) in [6.45, 7) is 2.05. The average Bonchev–Trinajstić information content (AvgIpc) is 2.26. The number of aryl methyl sites for hydroxylation is 1. The van der Waals surface area contributed by atoms with Crippen LogP contribution in [0.25, 0.3) is 0 Å². The van der Waals surface area contributed by atoms with Crippen molar-refractivity contribution in [2.24, 2.45) is 0 Å². The van der Waals surface area contributed by atoms with Gasteiger partial charge in [0.15, 0.2) is 0 Å². The van der Waals surface area contributed by atoms with E-state index in [-0.39, 0.29) is 4.82 Å². The molecule has 0 spiro atoms. The van der Waals surface area contributed by atoms with Crippen LogP contribution in [-0.4, -0.2) is 19.0 Å². The normalized spacial score (nSPS) is 9.87. The molecule has 82 valence electrons. The van der Waals surface area contributed by atoms with Crippen LogP contribution in [0.15, 0.2) is 18.2 Å². The van der Waals surface area contributed by atoms with Crippen molar-refractivity contribution in [3.63, 3.8) is 0 Å². The van der Waals surface area contributed by atoms with E-state index in [4.69, 9.17) is 4.74 Å². The molecule has 0 unspecified atom stereocenters. The van der Waals surface area contributed by atoms with Gasteiger partial charge in [0.05, 0.1) is 7.11 Å². The minimum atomic E-state index is -0.158. The second kappa shape index (κ2) is 5.16. The Hall–Kier alpha value is -1.03. The summed E-state index contributed by atoms with van der Waals surface area (Å²) in [6, 6.07) is 5.69. The highest BCUT2D eigenvalue weighted by molar-refractivity contribution is 9.18. The Kier molecular flexibility index (Phi) is 4.15. The predicted molar refractivity (Wildman–Crippen MR) is 65.1 cm³/mol. The second-order valence-corrected chi connectivity index (χ2v) is 3.84. The molecule has 1 aromatic rings. The summed E-state index contributed by atoms with van der Waals surface area (Å²) in [4.78, 5) is 12.5. The summed E-state index contributed by atoms with van der Waals surface area (Å²) in [5.41, 5.74) is 1.95. The van der Waals surface area contributed by atoms with Gasteiger partial charge < -0.3 is 9.64 Å². The summed E-state index contributed by atoms with van der Waals surface area (Å²) in [5.74, 6) is 0.858. The Morgan fingerprint density at radius 2 is 2.20 bits per heavy atom. The van der Waals surface area contributed by atoms with Crippen LogP contribution in [0.5, 0.6) is 5.75 Å². The fraction of sp³-hybridized carbons (Fsp3) is 0.364. The van der Waals surface area contributed by atoms with Crippen molar-refractivity contribution in [3.05, 3.63) is 23.8 Å². The van der Waals surface area contributed by atoms with E-state index in [2.05, 4.69) is 22.9 Å². The van der Waals surface area contributed by atoms with E-state index in [1.807, 2.05) is 18.2 Å². The van der Waals surface area contributed by atoms with E-state index in [0.29, 0.717) is 0 Å². The topological polar surface area (TPSA) is 29.5 Å². The third-order valence-electron chi connectivity index (χ3n) is 2.30. The molecular formula is C11H14BrNO2. The zero-order valence-corrected chi connectivity index (χ0v) is 10.7. The van der Waals surface area contributed by atoms with Gasteiger partial charge in [0.1, 0.15) is 5.75 Å². The third kappa shape index (κ3) is 2.72. The predicted octanol–water partition coefficient (Wildman–Crippen LogP) is 3.21. The molecule has 0 heterocycles. The van der Waals surface area contributed by atoms with E-state index >= 15 is 0 Å². The van der Waals surface area contributed by atoms with Gasteiger partial charge in [-0.25, -0.2) is 0 Å². The SMILES string of the molecule is CCc1cc(N(C)C(=O)Br)ccc1OC. The molecule has 0 saturated carbocycles. The number of rotatable bonds is 3. The van der Waals surface area contributed by atoms with Gasteiger partial charge in [-0.2, -0.15) is 0 Å². The van der Waals surface area contributed by atoms with Crippen LogP contribution in [0.1, 0.15) is 12.5 Å². The first kappa shape index (κ1) is 12.0. The van der Waals surface area contributed by atoms with Crippen LogP contribution < -0.4 is 9.64 Å². The van der Waals surface area contributed by atoms with Crippen molar-refractivity contribution in [1.82, 2.24) is 0 Å². The molecular weight excluding hydrogens is 258 g/mol. The number of hydrogen-bond donors (Lipinski definition) is 0. The van der Waals surface area contributed by atoms with Crippen LogP contribution in [0.3, 0.4) is 0 Å². The molecule has 0 aromatic heterocycles. The first-order valence-electron chi connectivity index (χ1n) is 4.70. The molecule has 0 fully saturated rings. The molecule has 0 bridgehead atoms. The molecule has 0 atom stereocenters. The van der Waals surface area contributed by atoms with Crippen molar-refractivity contribution < 1.29 is 9.53 Å². The van der Waals surface area contributed by atoms with Gasteiger partial charge in [-0.3, -0.25) is 4.79 Å². The van der Waals surface area contributed by atoms with Gasteiger partial charge in [-0.05, 0) is 30.2 Å². The molecule has 0 aliphatic heterocycles. The Bertz CT molecular complexity index is 366. The van der Waals surface area contributed by atoms with Crippen LogP contribution in [0, 0.1) is 0 Å². The van der Waals surface area contributed by atoms with Crippen LogP contribution >= 0.6 is 15.9 Å². The lowest BCUT2D eigenvalue weighted by Crippen LogP contribution is -2.19. The summed E-state index contributed by atoms with van der Waals surface area (Å²) < 4.78 is 5.22. The molecule has 0 radical (unpaired) electrons. The first-order valence-corrected chi connectivity index (χ1v) is 5.49. The standard InChI is InChI=1S/C11H14BrNO2/c1-4-8-7-9(13(2)11(12)14)5-6-10(8)15-3/h5-7H,4H2,1-3H3. The Balaban J connectivity index is 3.07. The second-order valence-electron chi connectivity index (χ2n) is 3.16. The van der Waals surface area contributed by atoms with Crippen molar-refractivity contribution in [3.8, 4) is 5.75 Å². The molecule has 15 heavy (non-hydrogen) atoms. The molecule has 1 amide bonds. The maximum atomic E-state index is 11.1. The van der Waals surface area contributed by atoms with E-state index in [9.17, 15) is 4.79 Å². The summed E-state index contributed by atoms with van der Waals surface area (Å²) >= 11 is 2.91. The summed E-state index contributed by atoms with van der Waals surface area (Å²) in [7, 11) is 3.37. The minimum Gasteiger partial charge on any atom is -0.496 e. The van der Waals surface area contributed by atoms with E-state index in [1.165, 1.54) is 0 Å². The van der Waals surface area contributed by atoms with Crippen molar-refractivity contribution in [1.29, 1.82) is 0 Å². The molecule has 3 nitrogen and oxygen atoms in total. The number of hydrogen-bond acceptors (Lipinski definition) is 2. The number of benzene rings is 1. The number of carbonyl (C=O) groups is 1. The highest BCUT2D eigenvalue weighted by Gasteiger charge is 2.09. The quantitative estimate of drug-likeness (QED) is 0.624. The van der Waals surface area contributed by atoms with Gasteiger partial charge in [-0.1, -0.05) is 6.92 Å². The largest absolute Gasteiger partial charge is 0.496 e. The Morgan fingerprint density at radius 1 is 1.53 bits per heavy atom. The smallest absolute Gasteiger partial charge is 0.293 e. The van der Waals surface area contributed by atoms with Crippen LogP contribution in [0.4, 0.5) is 10.5 Å². The van der Waals surface area contributed by atoms with Gasteiger partial charge in [-0.15, -0.1) is 0 Å². The summed E-state index contributed by atoms with van der Waals surface area (Å²) in [6.07, 6.45) is 0.876. The first-order chi connectivity index (χ1) is 7.10. The zero-order valence-electron chi connectivity index (χ0n) is 9.08. The average molecular weight is 272 g/mol. The lowest BCUT2D eigenvalue weighted by Gasteiger charge is -2.16. The number of carbonyl (C=O) groups excluding carboxylic acids is 1. The molecule has 1 aromatic carbocycles. The summed E-state index contributed by atoms with van der Waals surface area (Å²) in [5, 5.41) is 0. The van der Waals surface area contributed by atoms with Gasteiger partial charge in [0.25, 0.3) is 4.82 Å². The van der Waals surface area contributed by atoms with Crippen LogP contribution in [-0.2, 0) is 6.42 Å². The Morgan fingerprint density at radius 3 is 2.67 bits per heavy atom. The number of nitrogens with zero attached hydrogens (tertiary/aromatic N) is 1. The number of ether oxygens (including phenoxy) is 1. The number of methoxy groups -OCH3 is 1. The molecule has 4 heteroatoms. The van der Waals surface area contributed by atoms with Gasteiger partial charge in [0.2, 0.25) is 0 Å². The van der Waals surface area contributed by atoms with Crippen LogP contribution in [0.2, 0.25) is 0 Å². The maximum Gasteiger partial charge on any atom is 0.293 e. The lowest BCUT2D eigenvalue weighted by molar-refractivity contribution is 0.267. The fourth-order valence-electron chi connectivity index (χ4n) is 1.35. The van der Waals surface area contributed by atoms with Crippen molar-refractivity contribution >= 4 is 26.4 Å². The van der Waals surface area contributed by atoms with Gasteiger partial charge >= 0.3 is 0 Å². The zero-order chi connectivity index (χ0) is 11.4. The number of halogens is 1. The highest BCUT2D eigenvalue weighted by Crippen LogP contribution is 2.25. The molecule has 1 rings (SSSR count). The van der Waals surface area contributed by atoms with E-state index in [1.54, 1.807) is 19.1 Å². The van der Waals surface area contributed by atoms with E-state index in [0.717, 1.165) is 23.4 Å². The molecule has 0 aliphatic rings. The van der Waals surface area contributed by atoms with E-state index < -0.39 is 0 Å². The van der Waals surface area contributed by atoms with Gasteiger partial charge in [0, 0.05) is 28.7 Å². The number of amides is 1. The highest BCUT2D eigenvalue weighted by atomic mass is 79.9. The third-order valence-corrected chi connectivity index (χ3v) is 2.83. The molecule has 0 aliphatic carbocycles. The minimum absolute atomic E-state index is 0.158. The van der Waals surface area contributed by atoms with Crippen molar-refractivity contribution in [2.45, 2.75) is 13.3 Å². The Labute approximate surface area is 98.2 Å². The monoisotopic (exact) mass is 271 g/mol. The number of anilines is 1. The fourth-order valence-corrected chi connectivity index (χ4v) is 1.56. The lowest BCUT2D eigenvalue weighted by atomic mass is 10.1. The molecule has 0 saturated heterocycles. The molecule has 0 N–H and O–H groups in total. The maximum absolute atomic E-state index is 11.1.